The van der Waals surface area contributed by atoms with Crippen molar-refractivity contribution >= 4 is 27.9 Å². The Kier molecular flexibility index (Phi) is 5.49. The van der Waals surface area contributed by atoms with E-state index in [9.17, 15) is 9.18 Å². The normalized spacial score (nSPS) is 12.5. The Morgan fingerprint density at radius 2 is 2.32 bits per heavy atom. The SMILES string of the molecule is CCC(C)NC(=O)/C=C/c1ccc(-n2cc(Br)cn2)c(F)c1. The number of hydrogen-bond donors (Lipinski definition) is 1. The van der Waals surface area contributed by atoms with Gasteiger partial charge in [0.1, 0.15) is 11.5 Å². The van der Waals surface area contributed by atoms with Crippen LogP contribution in [-0.4, -0.2) is 21.7 Å². The summed E-state index contributed by atoms with van der Waals surface area (Å²) in [7, 11) is 0. The van der Waals surface area contributed by atoms with Crippen LogP contribution in [0, 0.1) is 5.82 Å². The summed E-state index contributed by atoms with van der Waals surface area (Å²) in [6.45, 7) is 3.93. The Labute approximate surface area is 137 Å². The van der Waals surface area contributed by atoms with Crippen molar-refractivity contribution in [3.8, 4) is 5.69 Å². The number of rotatable bonds is 5. The number of amides is 1. The van der Waals surface area contributed by atoms with E-state index in [0.717, 1.165) is 10.9 Å². The third-order valence-corrected chi connectivity index (χ3v) is 3.61. The molecule has 0 fully saturated rings. The van der Waals surface area contributed by atoms with Crippen LogP contribution in [0.4, 0.5) is 4.39 Å². The van der Waals surface area contributed by atoms with E-state index in [1.54, 1.807) is 30.6 Å². The molecule has 2 aromatic rings. The fourth-order valence-electron chi connectivity index (χ4n) is 1.81. The molecule has 1 unspecified atom stereocenters. The summed E-state index contributed by atoms with van der Waals surface area (Å²) in [5.41, 5.74) is 0.971. The molecule has 6 heteroatoms. The van der Waals surface area contributed by atoms with Gasteiger partial charge in [0, 0.05) is 18.3 Å². The van der Waals surface area contributed by atoms with Gasteiger partial charge in [-0.25, -0.2) is 9.07 Å². The number of hydrogen-bond acceptors (Lipinski definition) is 2. The van der Waals surface area contributed by atoms with Crippen LogP contribution in [0.5, 0.6) is 0 Å². The molecular formula is C16H17BrFN3O. The monoisotopic (exact) mass is 365 g/mol. The van der Waals surface area contributed by atoms with Crippen molar-refractivity contribution in [2.75, 3.05) is 0 Å². The fraction of sp³-hybridized carbons (Fsp3) is 0.250. The van der Waals surface area contributed by atoms with Crippen LogP contribution in [0.15, 0.2) is 41.1 Å². The molecule has 1 aromatic carbocycles. The third kappa shape index (κ3) is 4.27. The molecule has 4 nitrogen and oxygen atoms in total. The second-order valence-electron chi connectivity index (χ2n) is 4.97. The molecule has 0 radical (unpaired) electrons. The lowest BCUT2D eigenvalue weighted by molar-refractivity contribution is -0.117. The average Bonchev–Trinajstić information content (AvgIpc) is 2.91. The second kappa shape index (κ2) is 7.35. The van der Waals surface area contributed by atoms with Crippen LogP contribution in [0.2, 0.25) is 0 Å². The van der Waals surface area contributed by atoms with Gasteiger partial charge < -0.3 is 5.32 Å². The topological polar surface area (TPSA) is 46.9 Å². The fourth-order valence-corrected chi connectivity index (χ4v) is 2.10. The molecule has 0 spiro atoms. The molecular weight excluding hydrogens is 349 g/mol. The Morgan fingerprint density at radius 3 is 2.91 bits per heavy atom. The molecule has 1 aromatic heterocycles. The van der Waals surface area contributed by atoms with Gasteiger partial charge >= 0.3 is 0 Å². The van der Waals surface area contributed by atoms with Gasteiger partial charge in [-0.3, -0.25) is 4.79 Å². The van der Waals surface area contributed by atoms with Gasteiger partial charge in [0.15, 0.2) is 0 Å². The van der Waals surface area contributed by atoms with Crippen LogP contribution < -0.4 is 5.32 Å². The standard InChI is InChI=1S/C16H17BrFN3O/c1-3-11(2)20-16(22)7-5-12-4-6-15(14(18)8-12)21-10-13(17)9-19-21/h4-11H,3H2,1-2H3,(H,20,22)/b7-5+. The van der Waals surface area contributed by atoms with Gasteiger partial charge in [-0.05, 0) is 53.0 Å². The van der Waals surface area contributed by atoms with Crippen LogP contribution in [-0.2, 0) is 4.79 Å². The summed E-state index contributed by atoms with van der Waals surface area (Å²) < 4.78 is 16.3. The van der Waals surface area contributed by atoms with E-state index in [4.69, 9.17) is 0 Å². The number of carbonyl (C=O) groups is 1. The highest BCUT2D eigenvalue weighted by atomic mass is 79.9. The maximum absolute atomic E-state index is 14.1. The lowest BCUT2D eigenvalue weighted by Crippen LogP contribution is -2.30. The zero-order valence-electron chi connectivity index (χ0n) is 12.4. The number of halogens is 2. The Bertz CT molecular complexity index is 696. The van der Waals surface area contributed by atoms with Gasteiger partial charge in [-0.15, -0.1) is 0 Å². The van der Waals surface area contributed by atoms with Crippen molar-refractivity contribution < 1.29 is 9.18 Å². The van der Waals surface area contributed by atoms with Crippen LogP contribution in [0.1, 0.15) is 25.8 Å². The number of nitrogens with zero attached hydrogens (tertiary/aromatic N) is 2. The zero-order chi connectivity index (χ0) is 16.1. The van der Waals surface area contributed by atoms with E-state index >= 15 is 0 Å². The molecule has 0 saturated carbocycles. The molecule has 1 atom stereocenters. The van der Waals surface area contributed by atoms with Crippen molar-refractivity contribution in [1.29, 1.82) is 0 Å². The second-order valence-corrected chi connectivity index (χ2v) is 5.88. The molecule has 0 aliphatic heterocycles. The average molecular weight is 366 g/mol. The van der Waals surface area contributed by atoms with Gasteiger partial charge in [-0.1, -0.05) is 13.0 Å². The highest BCUT2D eigenvalue weighted by molar-refractivity contribution is 9.10. The molecule has 1 heterocycles. The Morgan fingerprint density at radius 1 is 1.55 bits per heavy atom. The number of nitrogens with one attached hydrogen (secondary N) is 1. The smallest absolute Gasteiger partial charge is 0.244 e. The minimum Gasteiger partial charge on any atom is -0.350 e. The van der Waals surface area contributed by atoms with Crippen molar-refractivity contribution in [3.05, 3.63) is 52.5 Å². The first-order valence-corrected chi connectivity index (χ1v) is 7.77. The van der Waals surface area contributed by atoms with Crippen molar-refractivity contribution in [3.63, 3.8) is 0 Å². The molecule has 22 heavy (non-hydrogen) atoms. The highest BCUT2D eigenvalue weighted by Crippen LogP contribution is 2.17. The minimum absolute atomic E-state index is 0.120. The first-order chi connectivity index (χ1) is 10.5. The summed E-state index contributed by atoms with van der Waals surface area (Å²) >= 11 is 3.27. The predicted molar refractivity (Wildman–Crippen MR) is 88.2 cm³/mol. The Balaban J connectivity index is 2.11. The first-order valence-electron chi connectivity index (χ1n) is 6.98. The minimum atomic E-state index is -0.403. The van der Waals surface area contributed by atoms with E-state index in [2.05, 4.69) is 26.3 Å². The largest absolute Gasteiger partial charge is 0.350 e. The summed E-state index contributed by atoms with van der Waals surface area (Å²) in [6, 6.07) is 4.86. The summed E-state index contributed by atoms with van der Waals surface area (Å²) in [5.74, 6) is -0.588. The van der Waals surface area contributed by atoms with Crippen LogP contribution in [0.3, 0.4) is 0 Å². The van der Waals surface area contributed by atoms with Gasteiger partial charge in [0.05, 0.1) is 10.7 Å². The van der Waals surface area contributed by atoms with Crippen molar-refractivity contribution in [2.24, 2.45) is 0 Å². The zero-order valence-corrected chi connectivity index (χ0v) is 14.0. The lowest BCUT2D eigenvalue weighted by Gasteiger charge is -2.08. The molecule has 0 aliphatic rings. The summed E-state index contributed by atoms with van der Waals surface area (Å²) in [6.07, 6.45) is 7.12. The van der Waals surface area contributed by atoms with Gasteiger partial charge in [0.2, 0.25) is 5.91 Å². The molecule has 0 aliphatic carbocycles. The molecule has 116 valence electrons. The summed E-state index contributed by atoms with van der Waals surface area (Å²) in [4.78, 5) is 11.7. The maximum Gasteiger partial charge on any atom is 0.244 e. The summed E-state index contributed by atoms with van der Waals surface area (Å²) in [5, 5.41) is 6.86. The number of aromatic nitrogens is 2. The molecule has 1 amide bonds. The van der Waals surface area contributed by atoms with Gasteiger partial charge in [-0.2, -0.15) is 5.10 Å². The van der Waals surface area contributed by atoms with E-state index in [0.29, 0.717) is 11.3 Å². The molecule has 0 saturated heterocycles. The van der Waals surface area contributed by atoms with E-state index in [-0.39, 0.29) is 11.9 Å². The van der Waals surface area contributed by atoms with Crippen LogP contribution in [0.25, 0.3) is 11.8 Å². The quantitative estimate of drug-likeness (QED) is 0.821. The van der Waals surface area contributed by atoms with E-state index in [1.165, 1.54) is 16.8 Å². The van der Waals surface area contributed by atoms with Gasteiger partial charge in [0.25, 0.3) is 0 Å². The maximum atomic E-state index is 14.1. The number of carbonyl (C=O) groups excluding carboxylic acids is 1. The third-order valence-electron chi connectivity index (χ3n) is 3.20. The van der Waals surface area contributed by atoms with E-state index < -0.39 is 5.82 Å². The highest BCUT2D eigenvalue weighted by Gasteiger charge is 2.07. The van der Waals surface area contributed by atoms with E-state index in [1.807, 2.05) is 13.8 Å². The molecule has 0 bridgehead atoms. The van der Waals surface area contributed by atoms with Crippen molar-refractivity contribution in [2.45, 2.75) is 26.3 Å². The van der Waals surface area contributed by atoms with Crippen molar-refractivity contribution in [1.82, 2.24) is 15.1 Å². The molecule has 2 rings (SSSR count). The lowest BCUT2D eigenvalue weighted by atomic mass is 10.1. The molecule has 1 N–H and O–H groups in total. The first kappa shape index (κ1) is 16.4. The van der Waals surface area contributed by atoms with Crippen LogP contribution >= 0.6 is 15.9 Å². The number of benzene rings is 1. The predicted octanol–water partition coefficient (Wildman–Crippen LogP) is 3.70. The Hall–Kier alpha value is -1.95.